The number of ether oxygens (including phenoxy) is 1. The van der Waals surface area contributed by atoms with Gasteiger partial charge in [-0.25, -0.2) is 4.98 Å². The quantitative estimate of drug-likeness (QED) is 0.179. The van der Waals surface area contributed by atoms with E-state index in [9.17, 15) is 47.3 Å². The molecule has 34 heavy (non-hydrogen) atoms. The second kappa shape index (κ2) is 8.49. The van der Waals surface area contributed by atoms with Crippen LogP contribution in [0.25, 0.3) is 21.0 Å². The number of anilines is 1. The lowest BCUT2D eigenvalue weighted by Gasteiger charge is -2.16. The molecule has 0 amide bonds. The highest BCUT2D eigenvalue weighted by Gasteiger charge is 2.32. The molecule has 0 saturated heterocycles. The zero-order chi connectivity index (χ0) is 25.9. The lowest BCUT2D eigenvalue weighted by atomic mass is 10.1. The van der Waals surface area contributed by atoms with Crippen LogP contribution >= 0.6 is 11.3 Å². The highest BCUT2D eigenvalue weighted by Crippen LogP contribution is 2.46. The third-order valence-electron chi connectivity index (χ3n) is 4.24. The fourth-order valence-electron chi connectivity index (χ4n) is 3.05. The Balaban J connectivity index is 2.53. The number of fused-ring (bicyclic) bond motifs is 3. The summed E-state index contributed by atoms with van der Waals surface area (Å²) >= 11 is 0.571. The molecule has 0 saturated carbocycles. The van der Waals surface area contributed by atoms with Gasteiger partial charge in [0.25, 0.3) is 40.5 Å². The van der Waals surface area contributed by atoms with Gasteiger partial charge >= 0.3 is 0 Å². The Labute approximate surface area is 196 Å². The van der Waals surface area contributed by atoms with Crippen molar-refractivity contribution in [3.05, 3.63) is 12.1 Å². The van der Waals surface area contributed by atoms with Crippen LogP contribution in [0, 0.1) is 0 Å². The van der Waals surface area contributed by atoms with E-state index >= 15 is 0 Å². The number of hydrogen-bond donors (Lipinski definition) is 5. The molecule has 2 aromatic carbocycles. The number of nitrogens with two attached hydrogens (primary N) is 1. The van der Waals surface area contributed by atoms with E-state index in [4.69, 9.17) is 15.0 Å². The molecule has 3 aromatic rings. The van der Waals surface area contributed by atoms with Gasteiger partial charge in [0.15, 0.2) is 10.9 Å². The van der Waals surface area contributed by atoms with Gasteiger partial charge in [-0.1, -0.05) is 11.3 Å². The number of rotatable bonds is 8. The van der Waals surface area contributed by atoms with Gasteiger partial charge in [0.05, 0.1) is 22.8 Å². The van der Waals surface area contributed by atoms with E-state index in [0.29, 0.717) is 23.5 Å². The van der Waals surface area contributed by atoms with Crippen molar-refractivity contribution in [3.8, 4) is 5.75 Å². The second-order valence-corrected chi connectivity index (χ2v) is 13.4. The van der Waals surface area contributed by atoms with Gasteiger partial charge in [-0.05, 0) is 18.6 Å². The summed E-state index contributed by atoms with van der Waals surface area (Å²) in [5.41, 5.74) is 5.29. The van der Waals surface area contributed by atoms with Crippen LogP contribution < -0.4 is 10.5 Å². The molecule has 6 N–H and O–H groups in total. The minimum atomic E-state index is -5.34. The number of hydrogen-bond acceptors (Lipinski definition) is 12. The van der Waals surface area contributed by atoms with Crippen molar-refractivity contribution >= 4 is 77.9 Å². The summed E-state index contributed by atoms with van der Waals surface area (Å²) in [5.74, 6) is -1.47. The summed E-state index contributed by atoms with van der Waals surface area (Å²) in [7, 11) is -20.2. The Morgan fingerprint density at radius 1 is 0.912 bits per heavy atom. The molecule has 0 bridgehead atoms. The molecular weight excluding hydrogens is 564 g/mol. The molecule has 0 aliphatic rings. The average molecular weight is 579 g/mol. The third-order valence-corrected chi connectivity index (χ3v) is 8.56. The minimum absolute atomic E-state index is 0.256. The summed E-state index contributed by atoms with van der Waals surface area (Å²) in [5, 5.41) is -1.74. The first-order chi connectivity index (χ1) is 15.3. The molecule has 0 spiro atoms. The third kappa shape index (κ3) is 5.39. The highest BCUT2D eigenvalue weighted by atomic mass is 32.2. The molecule has 0 aliphatic carbocycles. The van der Waals surface area contributed by atoms with E-state index in [1.54, 1.807) is 0 Å². The van der Waals surface area contributed by atoms with E-state index in [-0.39, 0.29) is 21.8 Å². The second-order valence-electron chi connectivity index (χ2n) is 6.65. The van der Waals surface area contributed by atoms with Crippen molar-refractivity contribution in [1.82, 2.24) is 4.98 Å². The number of nitrogens with zero attached hydrogens (tertiary/aromatic N) is 1. The largest absolute Gasteiger partial charge is 0.490 e. The minimum Gasteiger partial charge on any atom is -0.490 e. The van der Waals surface area contributed by atoms with E-state index in [1.807, 2.05) is 0 Å². The van der Waals surface area contributed by atoms with Crippen LogP contribution in [0.5, 0.6) is 5.75 Å². The van der Waals surface area contributed by atoms with Gasteiger partial charge in [-0.15, -0.1) is 0 Å². The Bertz CT molecular complexity index is 1760. The van der Waals surface area contributed by atoms with Crippen LogP contribution in [0.1, 0.15) is 6.42 Å². The molecule has 0 aliphatic heterocycles. The first-order valence-corrected chi connectivity index (χ1v) is 15.3. The first-order valence-electron chi connectivity index (χ1n) is 8.51. The predicted octanol–water partition coefficient (Wildman–Crippen LogP) is 0.429. The Kier molecular flexibility index (Phi) is 6.60. The molecule has 1 aromatic heterocycles. The summed E-state index contributed by atoms with van der Waals surface area (Å²) in [6.45, 7) is -0.552. The standard InChI is InChI=1S/C14H14N2O13S5/c15-14-16-10-9-7(4-6(32(20,21)22)5-8(9)33(23,24)25)13(34(26,27)28)11(12(10)30-14)29-2-1-3-31(17,18)19/h4-5H,1-3H2,(H2,15,16)(H,17,18,19)(H,20,21,22)(H,23,24,25)(H,26,27,28). The van der Waals surface area contributed by atoms with E-state index in [2.05, 4.69) is 4.98 Å². The molecule has 0 radical (unpaired) electrons. The number of benzene rings is 2. The van der Waals surface area contributed by atoms with Crippen molar-refractivity contribution < 1.29 is 56.6 Å². The Morgan fingerprint density at radius 3 is 2.03 bits per heavy atom. The van der Waals surface area contributed by atoms with E-state index in [1.165, 1.54) is 0 Å². The Morgan fingerprint density at radius 2 is 1.53 bits per heavy atom. The molecular formula is C14H14N2O13S5. The fraction of sp³-hybridized carbons (Fsp3) is 0.214. The molecule has 3 rings (SSSR count). The zero-order valence-electron chi connectivity index (χ0n) is 16.3. The van der Waals surface area contributed by atoms with Crippen LogP contribution in [-0.4, -0.2) is 69.2 Å². The van der Waals surface area contributed by atoms with Crippen LogP contribution in [0.4, 0.5) is 5.13 Å². The van der Waals surface area contributed by atoms with Gasteiger partial charge in [0, 0.05) is 10.8 Å². The molecule has 20 heteroatoms. The Hall–Kier alpha value is -2.17. The van der Waals surface area contributed by atoms with Crippen molar-refractivity contribution in [3.63, 3.8) is 0 Å². The first kappa shape index (κ1) is 26.4. The van der Waals surface area contributed by atoms with Crippen LogP contribution in [-0.2, 0) is 40.5 Å². The number of aromatic nitrogens is 1. The summed E-state index contributed by atoms with van der Waals surface area (Å²) < 4.78 is 137. The molecule has 0 fully saturated rings. The summed E-state index contributed by atoms with van der Waals surface area (Å²) in [6.07, 6.45) is -0.362. The lowest BCUT2D eigenvalue weighted by molar-refractivity contribution is 0.312. The van der Waals surface area contributed by atoms with Gasteiger partial charge in [-0.2, -0.15) is 33.7 Å². The summed E-state index contributed by atoms with van der Waals surface area (Å²) in [6, 6.07) is 0.852. The zero-order valence-corrected chi connectivity index (χ0v) is 20.4. The van der Waals surface area contributed by atoms with Gasteiger partial charge in [0.1, 0.15) is 14.5 Å². The van der Waals surface area contributed by atoms with Gasteiger partial charge in [-0.3, -0.25) is 18.2 Å². The van der Waals surface area contributed by atoms with Crippen molar-refractivity contribution in [2.24, 2.45) is 0 Å². The topological polar surface area (TPSA) is 266 Å². The average Bonchev–Trinajstić information content (AvgIpc) is 3.02. The predicted molar refractivity (Wildman–Crippen MR) is 118 cm³/mol. The number of thiazole rings is 1. The fourth-order valence-corrected chi connectivity index (χ4v) is 6.63. The maximum Gasteiger partial charge on any atom is 0.298 e. The molecule has 188 valence electrons. The molecule has 15 nitrogen and oxygen atoms in total. The molecule has 0 atom stereocenters. The van der Waals surface area contributed by atoms with Crippen molar-refractivity contribution in [1.29, 1.82) is 0 Å². The summed E-state index contributed by atoms with van der Waals surface area (Å²) in [4.78, 5) is 0.383. The van der Waals surface area contributed by atoms with Crippen molar-refractivity contribution in [2.75, 3.05) is 18.1 Å². The SMILES string of the molecule is Nc1nc2c(s1)c(OCCCS(=O)(=O)O)c(S(=O)(=O)O)c1cc(S(=O)(=O)O)cc(S(=O)(=O)O)c12. The maximum absolute atomic E-state index is 12.3. The monoisotopic (exact) mass is 578 g/mol. The number of nitrogen functional groups attached to an aromatic ring is 1. The van der Waals surface area contributed by atoms with E-state index < -0.39 is 84.0 Å². The van der Waals surface area contributed by atoms with Crippen LogP contribution in [0.15, 0.2) is 26.8 Å². The van der Waals surface area contributed by atoms with Gasteiger partial charge < -0.3 is 10.5 Å². The maximum atomic E-state index is 12.3. The lowest BCUT2D eigenvalue weighted by Crippen LogP contribution is -2.12. The van der Waals surface area contributed by atoms with Crippen molar-refractivity contribution in [2.45, 2.75) is 21.1 Å². The normalized spacial score (nSPS) is 13.5. The highest BCUT2D eigenvalue weighted by molar-refractivity contribution is 7.87. The molecule has 1 heterocycles. The van der Waals surface area contributed by atoms with Gasteiger partial charge in [0.2, 0.25) is 0 Å². The van der Waals surface area contributed by atoms with Crippen LogP contribution in [0.3, 0.4) is 0 Å². The van der Waals surface area contributed by atoms with E-state index in [0.717, 1.165) is 0 Å². The smallest absolute Gasteiger partial charge is 0.298 e. The molecule has 0 unspecified atom stereocenters. The van der Waals surface area contributed by atoms with Crippen LogP contribution in [0.2, 0.25) is 0 Å².